The molecule has 2 aliphatic rings. The number of carbonyl (C=O) groups is 5. The SMILES string of the molecule is C#CCCNC(=O)C=O.CC.CCC(C)CC(C)NC(=O)C1C(C)CCN1C(=O)C(NC(=O)NC(CNCCCCS)C1CCCCC1)C(C)(C)C.CCCC. The largest absolute Gasteiger partial charge is 0.352 e. The van der Waals surface area contributed by atoms with E-state index in [9.17, 15) is 24.0 Å². The normalized spacial score (nSPS) is 18.7. The van der Waals surface area contributed by atoms with E-state index in [0.29, 0.717) is 31.3 Å². The van der Waals surface area contributed by atoms with E-state index >= 15 is 0 Å². The lowest BCUT2D eigenvalue weighted by Crippen LogP contribution is -2.61. The summed E-state index contributed by atoms with van der Waals surface area (Å²) in [6.07, 6.45) is 18.9. The van der Waals surface area contributed by atoms with Crippen molar-refractivity contribution in [1.82, 2.24) is 31.5 Å². The molecule has 56 heavy (non-hydrogen) atoms. The van der Waals surface area contributed by atoms with Gasteiger partial charge in [-0.05, 0) is 80.9 Å². The molecular formula is C44H84N6O5S. The van der Waals surface area contributed by atoms with Crippen molar-refractivity contribution in [2.24, 2.45) is 23.2 Å². The van der Waals surface area contributed by atoms with Crippen LogP contribution in [0.5, 0.6) is 0 Å². The minimum Gasteiger partial charge on any atom is -0.352 e. The van der Waals surface area contributed by atoms with Gasteiger partial charge in [0, 0.05) is 38.1 Å². The average molecular weight is 809 g/mol. The standard InChI is InChI=1S/C32H61N5O3S.C6H7NO2.C4H10.C2H6/c1-8-22(2)20-24(4)34-29(38)27-23(3)16-18-37(27)30(39)28(32(5,6)7)36-31(40)35-26(21-33-17-12-13-19-41)25-14-10-9-11-15-25;1-2-3-4-7-6(9)5-8;1-3-4-2;1-2/h22-28,33,41H,8-21H2,1-7H3,(H,34,38)(H2,35,36,40);1,5H,3-4H2,(H,7,9);3-4H2,1-2H3;1-2H3. The number of carbonyl (C=O) groups excluding carboxylic acids is 5. The number of nitrogens with one attached hydrogen (secondary N) is 5. The molecule has 0 spiro atoms. The molecule has 1 saturated heterocycles. The van der Waals surface area contributed by atoms with Gasteiger partial charge in [-0.25, -0.2) is 4.79 Å². The fourth-order valence-corrected chi connectivity index (χ4v) is 6.92. The van der Waals surface area contributed by atoms with Crippen molar-refractivity contribution in [1.29, 1.82) is 0 Å². The van der Waals surface area contributed by atoms with Crippen LogP contribution in [0.3, 0.4) is 0 Å². The summed E-state index contributed by atoms with van der Waals surface area (Å²) in [5.74, 6) is 3.34. The summed E-state index contributed by atoms with van der Waals surface area (Å²) in [7, 11) is 0. The lowest BCUT2D eigenvalue weighted by atomic mass is 9.83. The molecule has 2 fully saturated rings. The molecule has 6 unspecified atom stereocenters. The zero-order valence-electron chi connectivity index (χ0n) is 37.4. The van der Waals surface area contributed by atoms with E-state index in [1.54, 1.807) is 4.90 Å². The van der Waals surface area contributed by atoms with E-state index in [2.05, 4.69) is 72.8 Å². The van der Waals surface area contributed by atoms with Crippen LogP contribution in [0.25, 0.3) is 0 Å². The Morgan fingerprint density at radius 1 is 0.929 bits per heavy atom. The van der Waals surface area contributed by atoms with Crippen LogP contribution in [-0.2, 0) is 19.2 Å². The van der Waals surface area contributed by atoms with E-state index in [-0.39, 0.29) is 42.1 Å². The van der Waals surface area contributed by atoms with Gasteiger partial charge >= 0.3 is 6.03 Å². The molecule has 1 saturated carbocycles. The summed E-state index contributed by atoms with van der Waals surface area (Å²) in [5.41, 5.74) is -0.517. The number of unbranched alkanes of at least 4 members (excludes halogenated alkanes) is 2. The van der Waals surface area contributed by atoms with Gasteiger partial charge in [-0.2, -0.15) is 12.6 Å². The number of hydrogen-bond acceptors (Lipinski definition) is 7. The monoisotopic (exact) mass is 809 g/mol. The second-order valence-corrected chi connectivity index (χ2v) is 16.8. The van der Waals surface area contributed by atoms with Crippen LogP contribution < -0.4 is 26.6 Å². The van der Waals surface area contributed by atoms with Crippen LogP contribution in [0.15, 0.2) is 0 Å². The Hall–Kier alpha value is -2.78. The first-order chi connectivity index (χ1) is 26.6. The highest BCUT2D eigenvalue weighted by Gasteiger charge is 2.45. The van der Waals surface area contributed by atoms with Crippen molar-refractivity contribution >= 4 is 42.7 Å². The van der Waals surface area contributed by atoms with Crippen molar-refractivity contribution < 1.29 is 24.0 Å². The second kappa shape index (κ2) is 33.2. The fourth-order valence-electron chi connectivity index (χ4n) is 6.70. The molecule has 0 radical (unpaired) electrons. The van der Waals surface area contributed by atoms with Gasteiger partial charge in [-0.15, -0.1) is 12.3 Å². The predicted octanol–water partition coefficient (Wildman–Crippen LogP) is 7.28. The first-order valence-corrected chi connectivity index (χ1v) is 22.4. The maximum Gasteiger partial charge on any atom is 0.315 e. The summed E-state index contributed by atoms with van der Waals surface area (Å²) in [5, 5.41) is 15.3. The minimum atomic E-state index is -0.740. The molecule has 0 bridgehead atoms. The molecule has 0 aromatic carbocycles. The fraction of sp³-hybridized carbons (Fsp3) is 0.841. The Bertz CT molecular complexity index is 1120. The molecule has 11 nitrogen and oxygen atoms in total. The Morgan fingerprint density at radius 2 is 1.55 bits per heavy atom. The van der Waals surface area contributed by atoms with E-state index in [1.165, 1.54) is 32.1 Å². The molecule has 326 valence electrons. The Kier molecular flexibility index (Phi) is 32.8. The summed E-state index contributed by atoms with van der Waals surface area (Å²) < 4.78 is 0. The van der Waals surface area contributed by atoms with Crippen molar-refractivity contribution in [2.45, 2.75) is 184 Å². The van der Waals surface area contributed by atoms with Gasteiger partial charge in [0.2, 0.25) is 18.1 Å². The smallest absolute Gasteiger partial charge is 0.315 e. The van der Waals surface area contributed by atoms with Gasteiger partial charge in [0.15, 0.2) is 0 Å². The van der Waals surface area contributed by atoms with E-state index < -0.39 is 23.4 Å². The molecule has 0 aromatic heterocycles. The predicted molar refractivity (Wildman–Crippen MR) is 237 cm³/mol. The van der Waals surface area contributed by atoms with Crippen LogP contribution >= 0.6 is 12.6 Å². The van der Waals surface area contributed by atoms with E-state index in [4.69, 9.17) is 6.42 Å². The van der Waals surface area contributed by atoms with Gasteiger partial charge < -0.3 is 31.5 Å². The number of rotatable bonds is 19. The van der Waals surface area contributed by atoms with Crippen molar-refractivity contribution in [3.63, 3.8) is 0 Å². The highest BCUT2D eigenvalue weighted by atomic mass is 32.1. The number of hydrogen-bond donors (Lipinski definition) is 6. The summed E-state index contributed by atoms with van der Waals surface area (Å²) in [6.45, 7) is 25.2. The highest BCUT2D eigenvalue weighted by molar-refractivity contribution is 7.80. The van der Waals surface area contributed by atoms with Gasteiger partial charge in [0.25, 0.3) is 5.91 Å². The Labute approximate surface area is 348 Å². The molecule has 2 rings (SSSR count). The number of amides is 5. The number of thiol groups is 1. The molecule has 1 aliphatic heterocycles. The third-order valence-corrected chi connectivity index (χ3v) is 10.6. The van der Waals surface area contributed by atoms with Crippen molar-refractivity contribution in [2.75, 3.05) is 31.9 Å². The molecular weight excluding hydrogens is 725 g/mol. The van der Waals surface area contributed by atoms with Gasteiger partial charge in [-0.1, -0.05) is 108 Å². The summed E-state index contributed by atoms with van der Waals surface area (Å²) >= 11 is 4.30. The minimum absolute atomic E-state index is 0.0133. The van der Waals surface area contributed by atoms with Crippen molar-refractivity contribution in [3.05, 3.63) is 0 Å². The zero-order chi connectivity index (χ0) is 43.1. The number of likely N-dealkylation sites (tertiary alicyclic amines) is 1. The molecule has 0 aromatic rings. The molecule has 12 heteroatoms. The third-order valence-electron chi connectivity index (χ3n) is 10.3. The number of aldehydes is 1. The maximum absolute atomic E-state index is 14.0. The number of terminal acetylenes is 1. The molecule has 1 heterocycles. The Morgan fingerprint density at radius 3 is 2.07 bits per heavy atom. The first-order valence-electron chi connectivity index (χ1n) is 21.8. The lowest BCUT2D eigenvalue weighted by Gasteiger charge is -2.37. The number of nitrogens with zero attached hydrogens (tertiary/aromatic N) is 1. The van der Waals surface area contributed by atoms with Crippen LogP contribution in [0.2, 0.25) is 0 Å². The summed E-state index contributed by atoms with van der Waals surface area (Å²) in [6, 6.07) is -1.50. The average Bonchev–Trinajstić information content (AvgIpc) is 3.58. The second-order valence-electron chi connectivity index (χ2n) is 16.3. The van der Waals surface area contributed by atoms with Crippen LogP contribution in [0.4, 0.5) is 4.79 Å². The topological polar surface area (TPSA) is 149 Å². The van der Waals surface area contributed by atoms with Crippen molar-refractivity contribution in [3.8, 4) is 12.3 Å². The third kappa shape index (κ3) is 24.1. The summed E-state index contributed by atoms with van der Waals surface area (Å²) in [4.78, 5) is 62.4. The Balaban J connectivity index is 0. The van der Waals surface area contributed by atoms with Crippen LogP contribution in [-0.4, -0.2) is 91.0 Å². The van der Waals surface area contributed by atoms with Gasteiger partial charge in [0.05, 0.1) is 0 Å². The van der Waals surface area contributed by atoms with Gasteiger partial charge in [0.1, 0.15) is 12.1 Å². The number of urea groups is 1. The molecule has 1 aliphatic carbocycles. The van der Waals surface area contributed by atoms with Crippen LogP contribution in [0.1, 0.15) is 160 Å². The van der Waals surface area contributed by atoms with Gasteiger partial charge in [-0.3, -0.25) is 19.2 Å². The molecule has 5 amide bonds. The quantitative estimate of drug-likeness (QED) is 0.0266. The lowest BCUT2D eigenvalue weighted by molar-refractivity contribution is -0.142. The first kappa shape index (κ1) is 55.3. The van der Waals surface area contributed by atoms with E-state index in [1.807, 2.05) is 48.5 Å². The zero-order valence-corrected chi connectivity index (χ0v) is 38.3. The molecule has 5 N–H and O–H groups in total. The highest BCUT2D eigenvalue weighted by Crippen LogP contribution is 2.30. The maximum atomic E-state index is 14.0. The van der Waals surface area contributed by atoms with E-state index in [0.717, 1.165) is 63.8 Å². The van der Waals surface area contributed by atoms with Crippen LogP contribution in [0, 0.1) is 35.5 Å². The molecule has 6 atom stereocenters.